The van der Waals surface area contributed by atoms with Gasteiger partial charge in [0.2, 0.25) is 17.3 Å². The number of nitriles is 2. The second kappa shape index (κ2) is 25.1. The minimum absolute atomic E-state index is 0.203. The van der Waals surface area contributed by atoms with Gasteiger partial charge in [-0.15, -0.1) is 0 Å². The molecule has 0 unspecified atom stereocenters. The molecule has 0 aliphatic carbocycles. The number of carbonyl (C=O) groups excluding carboxylic acids is 3. The Labute approximate surface area is 364 Å². The molecule has 0 aliphatic heterocycles. The summed E-state index contributed by atoms with van der Waals surface area (Å²) < 4.78 is 0. The fourth-order valence-corrected chi connectivity index (χ4v) is 6.67. The summed E-state index contributed by atoms with van der Waals surface area (Å²) in [6.07, 6.45) is -0.253. The molecule has 0 bridgehead atoms. The van der Waals surface area contributed by atoms with E-state index in [-0.39, 0.29) is 31.1 Å². The van der Waals surface area contributed by atoms with E-state index >= 15 is 0 Å². The third-order valence-corrected chi connectivity index (χ3v) is 10.3. The SMILES string of the molecule is N#Cc1ccc(C(=O)NN)cc1.[C-]#[N+]c1ccc(C[C@@H](C(=O)NCC(=O)c2ccc(C#N)cc2)[C@H](C)O)c(CC)c1Cl.[C-]#[N+]c1ccc(C[C@@H](C(=O)O)[C@H](C)O)c(CC)c1Cl. The zero-order chi connectivity index (χ0) is 45.8. The number of carboxylic acid groups (broad SMARTS) is 1. The van der Waals surface area contributed by atoms with Crippen molar-refractivity contribution in [2.75, 3.05) is 6.54 Å². The maximum Gasteiger partial charge on any atom is 0.309 e. The van der Waals surface area contributed by atoms with Crippen LogP contribution in [0.5, 0.6) is 0 Å². The monoisotopic (exact) mass is 865 g/mol. The Morgan fingerprint density at radius 2 is 1.13 bits per heavy atom. The summed E-state index contributed by atoms with van der Waals surface area (Å²) >= 11 is 12.4. The van der Waals surface area contributed by atoms with Crippen molar-refractivity contribution in [2.24, 2.45) is 17.7 Å². The summed E-state index contributed by atoms with van der Waals surface area (Å²) in [6, 6.07) is 22.9. The zero-order valence-corrected chi connectivity index (χ0v) is 35.4. The molecule has 7 N–H and O–H groups in total. The molecule has 0 aromatic heterocycles. The molecule has 0 saturated carbocycles. The van der Waals surface area contributed by atoms with Crippen LogP contribution in [0.1, 0.15) is 81.8 Å². The Bertz CT molecular complexity index is 2360. The lowest BCUT2D eigenvalue weighted by atomic mass is 9.90. The predicted octanol–water partition coefficient (Wildman–Crippen LogP) is 7.10. The minimum Gasteiger partial charge on any atom is -0.481 e. The van der Waals surface area contributed by atoms with Gasteiger partial charge < -0.3 is 20.6 Å². The van der Waals surface area contributed by atoms with E-state index in [1.165, 1.54) is 38.1 Å². The first-order valence-corrected chi connectivity index (χ1v) is 19.5. The highest BCUT2D eigenvalue weighted by Gasteiger charge is 2.27. The Morgan fingerprint density at radius 3 is 1.48 bits per heavy atom. The second-order valence-corrected chi connectivity index (χ2v) is 14.2. The van der Waals surface area contributed by atoms with Gasteiger partial charge in [0.05, 0.1) is 77.0 Å². The molecule has 0 fully saturated rings. The van der Waals surface area contributed by atoms with Crippen molar-refractivity contribution < 1.29 is 34.5 Å². The average Bonchev–Trinajstić information content (AvgIpc) is 3.26. The number of nitrogens with two attached hydrogens (primary N) is 1. The van der Waals surface area contributed by atoms with Crippen molar-refractivity contribution in [1.82, 2.24) is 10.7 Å². The lowest BCUT2D eigenvalue weighted by molar-refractivity contribution is -0.145. The number of carbonyl (C=O) groups is 4. The summed E-state index contributed by atoms with van der Waals surface area (Å²) in [7, 11) is 0. The van der Waals surface area contributed by atoms with Gasteiger partial charge in [0, 0.05) is 11.1 Å². The quantitative estimate of drug-likeness (QED) is 0.0247. The number of rotatable bonds is 14. The van der Waals surface area contributed by atoms with Crippen molar-refractivity contribution in [3.63, 3.8) is 0 Å². The molecule has 0 radical (unpaired) electrons. The number of ketones is 1. The van der Waals surface area contributed by atoms with Crippen molar-refractivity contribution in [1.29, 1.82) is 10.5 Å². The molecule has 0 aliphatic rings. The van der Waals surface area contributed by atoms with Crippen LogP contribution < -0.4 is 16.6 Å². The number of aliphatic carboxylic acids is 1. The van der Waals surface area contributed by atoms with Gasteiger partial charge in [0.25, 0.3) is 5.91 Å². The van der Waals surface area contributed by atoms with Gasteiger partial charge in [-0.2, -0.15) is 10.5 Å². The van der Waals surface area contributed by atoms with Crippen LogP contribution in [0.3, 0.4) is 0 Å². The molecule has 16 heteroatoms. The van der Waals surface area contributed by atoms with Crippen LogP contribution in [0, 0.1) is 47.6 Å². The van der Waals surface area contributed by atoms with Gasteiger partial charge in [-0.1, -0.05) is 73.4 Å². The van der Waals surface area contributed by atoms with E-state index < -0.39 is 35.9 Å². The highest BCUT2D eigenvalue weighted by atomic mass is 35.5. The van der Waals surface area contributed by atoms with Crippen LogP contribution in [-0.4, -0.2) is 57.6 Å². The number of benzene rings is 4. The number of aliphatic hydroxyl groups is 2. The van der Waals surface area contributed by atoms with Gasteiger partial charge in [0.1, 0.15) is 0 Å². The maximum atomic E-state index is 12.7. The Hall–Kier alpha value is -6.62. The molecular formula is C45H45Cl2N7O7. The zero-order valence-electron chi connectivity index (χ0n) is 33.9. The first-order chi connectivity index (χ1) is 29.0. The number of Topliss-reactive ketones (excluding diaryl/α,β-unsaturated/α-hetero) is 1. The fraction of sp³-hybridized carbons (Fsp3) is 0.289. The van der Waals surface area contributed by atoms with E-state index in [4.69, 9.17) is 57.8 Å². The van der Waals surface area contributed by atoms with Gasteiger partial charge in [0.15, 0.2) is 5.78 Å². The van der Waals surface area contributed by atoms with E-state index in [9.17, 15) is 29.4 Å². The Morgan fingerprint density at radius 1 is 0.721 bits per heavy atom. The summed E-state index contributed by atoms with van der Waals surface area (Å²) in [4.78, 5) is 53.7. The molecule has 14 nitrogen and oxygen atoms in total. The third kappa shape index (κ3) is 14.6. The van der Waals surface area contributed by atoms with Gasteiger partial charge in [-0.05, 0) is 98.2 Å². The van der Waals surface area contributed by atoms with E-state index in [1.807, 2.05) is 31.4 Å². The number of nitrogen functional groups attached to an aromatic ring is 1. The minimum atomic E-state index is -1.04. The van der Waals surface area contributed by atoms with Crippen molar-refractivity contribution >= 4 is 58.1 Å². The Balaban J connectivity index is 0.000000351. The molecule has 61 heavy (non-hydrogen) atoms. The first-order valence-electron chi connectivity index (χ1n) is 18.8. The smallest absolute Gasteiger partial charge is 0.309 e. The molecule has 4 rings (SSSR count). The number of amides is 2. The van der Waals surface area contributed by atoms with Crippen molar-refractivity contribution in [3.8, 4) is 12.1 Å². The topological polar surface area (TPSA) is 235 Å². The number of hydrogen-bond acceptors (Lipinski definition) is 9. The van der Waals surface area contributed by atoms with E-state index in [1.54, 1.807) is 48.5 Å². The summed E-state index contributed by atoms with van der Waals surface area (Å²) in [5.74, 6) is 1.11. The van der Waals surface area contributed by atoms with Crippen LogP contribution >= 0.6 is 23.2 Å². The standard InChI is InChI=1S/C23H22ClN3O3.C14H16ClNO3.C8H7N3O/c1-4-18-17(9-10-20(26-3)22(18)24)11-19(14(2)28)23(30)27-13-21(29)16-7-5-15(12-25)6-8-16;1-4-10-9(5-6-12(16-3)13(10)15)7-11(8(2)17)14(18)19;9-5-6-1-3-7(4-2-6)8(12)11-10/h5-10,14,19,28H,4,11,13H2,1-2H3,(H,27,30);5-6,8,11,17H,4,7H2,1-2H3,(H,18,19);1-4H,10H2,(H,11,12)/t14-,19+;8-,11+;/m00./s1. The van der Waals surface area contributed by atoms with Crippen molar-refractivity contribution in [2.45, 2.75) is 65.6 Å². The third-order valence-electron chi connectivity index (χ3n) is 9.45. The highest BCUT2D eigenvalue weighted by molar-refractivity contribution is 6.34. The van der Waals surface area contributed by atoms with E-state index in [0.29, 0.717) is 56.5 Å². The summed E-state index contributed by atoms with van der Waals surface area (Å²) in [5, 5.41) is 49.4. The molecule has 0 saturated heterocycles. The molecule has 4 aromatic rings. The molecule has 2 amide bonds. The number of nitrogens with one attached hydrogen (secondary N) is 2. The van der Waals surface area contributed by atoms with E-state index in [0.717, 1.165) is 22.3 Å². The van der Waals surface area contributed by atoms with Crippen LogP contribution in [0.4, 0.5) is 11.4 Å². The normalized spacial score (nSPS) is 12.0. The Kier molecular flexibility index (Phi) is 20.8. The van der Waals surface area contributed by atoms with Gasteiger partial charge in [-0.3, -0.25) is 24.6 Å². The number of halogens is 2. The molecule has 0 spiro atoms. The van der Waals surface area contributed by atoms with Crippen molar-refractivity contribution in [3.05, 3.63) is 150 Å². The largest absolute Gasteiger partial charge is 0.481 e. The van der Waals surface area contributed by atoms with Crippen LogP contribution in [0.25, 0.3) is 9.69 Å². The second-order valence-electron chi connectivity index (χ2n) is 13.4. The molecular weight excluding hydrogens is 821 g/mol. The maximum absolute atomic E-state index is 12.7. The number of aliphatic hydroxyl groups excluding tert-OH is 2. The number of nitrogens with zero attached hydrogens (tertiary/aromatic N) is 4. The lowest BCUT2D eigenvalue weighted by Gasteiger charge is -2.21. The van der Waals surface area contributed by atoms with Gasteiger partial charge in [-0.25, -0.2) is 15.5 Å². The molecule has 316 valence electrons. The predicted molar refractivity (Wildman–Crippen MR) is 231 cm³/mol. The number of carboxylic acids is 1. The fourth-order valence-electron chi connectivity index (χ4n) is 5.95. The molecule has 0 heterocycles. The van der Waals surface area contributed by atoms with Crippen LogP contribution in [0.2, 0.25) is 10.0 Å². The van der Waals surface area contributed by atoms with E-state index in [2.05, 4.69) is 15.0 Å². The number of hydrogen-bond donors (Lipinski definition) is 6. The van der Waals surface area contributed by atoms with Crippen LogP contribution in [0.15, 0.2) is 72.8 Å². The lowest BCUT2D eigenvalue weighted by Crippen LogP contribution is -2.40. The number of hydrazine groups is 1. The molecule has 4 aromatic carbocycles. The first kappa shape index (κ1) is 50.5. The van der Waals surface area contributed by atoms with Gasteiger partial charge >= 0.3 is 5.97 Å². The summed E-state index contributed by atoms with van der Waals surface area (Å²) in [5.41, 5.74) is 7.62. The average molecular weight is 867 g/mol. The summed E-state index contributed by atoms with van der Waals surface area (Å²) in [6.45, 7) is 20.8. The molecule has 4 atom stereocenters. The highest BCUT2D eigenvalue weighted by Crippen LogP contribution is 2.34. The van der Waals surface area contributed by atoms with Crippen LogP contribution in [-0.2, 0) is 35.3 Å².